The highest BCUT2D eigenvalue weighted by molar-refractivity contribution is 5.91. The van der Waals surface area contributed by atoms with E-state index in [1.165, 1.54) is 24.3 Å². The zero-order chi connectivity index (χ0) is 13.7. The number of halogens is 1. The molecule has 100 valence electrons. The fraction of sp³-hybridized carbons (Fsp3) is 0.286. The summed E-state index contributed by atoms with van der Waals surface area (Å²) in [6.07, 6.45) is 2.59. The highest BCUT2D eigenvalue weighted by Gasteiger charge is 2.17. The summed E-state index contributed by atoms with van der Waals surface area (Å²) in [6, 6.07) is 5.94. The van der Waals surface area contributed by atoms with Crippen LogP contribution in [0.1, 0.15) is 12.0 Å². The van der Waals surface area contributed by atoms with E-state index >= 15 is 0 Å². The van der Waals surface area contributed by atoms with Crippen LogP contribution in [0.2, 0.25) is 0 Å². The van der Waals surface area contributed by atoms with Crippen molar-refractivity contribution >= 4 is 11.8 Å². The Morgan fingerprint density at radius 2 is 2.11 bits per heavy atom. The molecule has 0 fully saturated rings. The maximum atomic E-state index is 12.7. The molecule has 1 aromatic rings. The van der Waals surface area contributed by atoms with Gasteiger partial charge in [0.05, 0.1) is 0 Å². The molecule has 19 heavy (non-hydrogen) atoms. The first-order chi connectivity index (χ1) is 9.13. The third-order valence-corrected chi connectivity index (χ3v) is 2.61. The van der Waals surface area contributed by atoms with Crippen LogP contribution in [0.4, 0.5) is 4.39 Å². The van der Waals surface area contributed by atoms with E-state index in [1.807, 2.05) is 0 Å². The Kier molecular flexibility index (Phi) is 4.41. The molecule has 0 aliphatic carbocycles. The van der Waals surface area contributed by atoms with Gasteiger partial charge in [0.2, 0.25) is 6.29 Å². The van der Waals surface area contributed by atoms with Crippen LogP contribution < -0.4 is 0 Å². The molecule has 0 amide bonds. The lowest BCUT2D eigenvalue weighted by molar-refractivity contribution is -0.172. The largest absolute Gasteiger partial charge is 0.432 e. The molecule has 0 aromatic heterocycles. The lowest BCUT2D eigenvalue weighted by Crippen LogP contribution is -2.26. The average molecular weight is 264 g/mol. The van der Waals surface area contributed by atoms with Gasteiger partial charge in [-0.05, 0) is 36.3 Å². The number of esters is 1. The minimum atomic E-state index is -0.793. The van der Waals surface area contributed by atoms with Gasteiger partial charge in [0.1, 0.15) is 12.4 Å². The first kappa shape index (κ1) is 13.4. The minimum Gasteiger partial charge on any atom is -0.432 e. The molecule has 0 saturated heterocycles. The second kappa shape index (κ2) is 6.24. The van der Waals surface area contributed by atoms with E-state index in [2.05, 4.69) is 0 Å². The van der Waals surface area contributed by atoms with E-state index in [-0.39, 0.29) is 24.6 Å². The fourth-order valence-corrected chi connectivity index (χ4v) is 1.61. The minimum absolute atomic E-state index is 0.0770. The van der Waals surface area contributed by atoms with Crippen LogP contribution in [0.3, 0.4) is 0 Å². The Labute approximate surface area is 109 Å². The Morgan fingerprint density at radius 3 is 2.74 bits per heavy atom. The number of ketones is 1. The summed E-state index contributed by atoms with van der Waals surface area (Å²) >= 11 is 0. The first-order valence-corrected chi connectivity index (χ1v) is 5.90. The van der Waals surface area contributed by atoms with Crippen molar-refractivity contribution in [3.05, 3.63) is 47.8 Å². The van der Waals surface area contributed by atoms with Crippen molar-refractivity contribution in [1.29, 1.82) is 0 Å². The normalized spacial score (nSPS) is 18.4. The molecule has 0 unspecified atom stereocenters. The molecule has 1 aliphatic heterocycles. The number of carbonyl (C=O) groups excluding carboxylic acids is 2. The Bertz CT molecular complexity index is 493. The summed E-state index contributed by atoms with van der Waals surface area (Å²) in [5, 5.41) is 0. The number of hydrogen-bond donors (Lipinski definition) is 0. The van der Waals surface area contributed by atoms with Crippen molar-refractivity contribution in [2.75, 3.05) is 6.61 Å². The van der Waals surface area contributed by atoms with Crippen molar-refractivity contribution in [1.82, 2.24) is 0 Å². The van der Waals surface area contributed by atoms with Crippen molar-refractivity contribution < 1.29 is 23.5 Å². The third kappa shape index (κ3) is 4.30. The smallest absolute Gasteiger partial charge is 0.308 e. The number of carbonyl (C=O) groups is 2. The van der Waals surface area contributed by atoms with Gasteiger partial charge in [-0.2, -0.15) is 0 Å². The molecule has 1 aromatic carbocycles. The van der Waals surface area contributed by atoms with Gasteiger partial charge in [0, 0.05) is 6.42 Å². The highest BCUT2D eigenvalue weighted by atomic mass is 19.1. The predicted octanol–water partition coefficient (Wildman–Crippen LogP) is 1.78. The number of aryl methyl sites for hydroxylation is 1. The van der Waals surface area contributed by atoms with Crippen LogP contribution in [0, 0.1) is 5.82 Å². The van der Waals surface area contributed by atoms with Gasteiger partial charge in [0.25, 0.3) is 0 Å². The molecule has 0 saturated carbocycles. The molecule has 4 nitrogen and oxygen atoms in total. The molecule has 1 heterocycles. The van der Waals surface area contributed by atoms with Crippen LogP contribution in [0.25, 0.3) is 0 Å². The van der Waals surface area contributed by atoms with Crippen molar-refractivity contribution in [3.8, 4) is 0 Å². The molecule has 1 aliphatic rings. The van der Waals surface area contributed by atoms with Gasteiger partial charge in [-0.15, -0.1) is 0 Å². The first-order valence-electron chi connectivity index (χ1n) is 5.90. The Morgan fingerprint density at radius 1 is 1.37 bits per heavy atom. The Balaban J connectivity index is 1.77. The van der Waals surface area contributed by atoms with Gasteiger partial charge in [-0.3, -0.25) is 9.59 Å². The molecular formula is C14H13FO4. The van der Waals surface area contributed by atoms with Crippen LogP contribution in [-0.4, -0.2) is 24.6 Å². The van der Waals surface area contributed by atoms with Gasteiger partial charge in [0.15, 0.2) is 5.78 Å². The number of hydrogen-bond acceptors (Lipinski definition) is 4. The zero-order valence-corrected chi connectivity index (χ0v) is 10.2. The maximum absolute atomic E-state index is 12.7. The number of rotatable bonds is 4. The third-order valence-electron chi connectivity index (χ3n) is 2.61. The second-order valence-corrected chi connectivity index (χ2v) is 4.12. The fourth-order valence-electron chi connectivity index (χ4n) is 1.61. The van der Waals surface area contributed by atoms with Gasteiger partial charge in [-0.1, -0.05) is 12.1 Å². The van der Waals surface area contributed by atoms with Crippen LogP contribution in [-0.2, 0) is 25.5 Å². The van der Waals surface area contributed by atoms with Crippen LogP contribution in [0.15, 0.2) is 36.4 Å². The average Bonchev–Trinajstić information content (AvgIpc) is 2.41. The SMILES string of the molecule is O=C1C=C[C@H](OC(=O)CCc2ccc(F)cc2)OC1. The summed E-state index contributed by atoms with van der Waals surface area (Å²) in [5.74, 6) is -0.885. The zero-order valence-electron chi connectivity index (χ0n) is 10.2. The molecule has 0 radical (unpaired) electrons. The quantitative estimate of drug-likeness (QED) is 0.778. The van der Waals surface area contributed by atoms with E-state index in [0.29, 0.717) is 6.42 Å². The van der Waals surface area contributed by atoms with E-state index in [4.69, 9.17) is 9.47 Å². The molecule has 0 N–H and O–H groups in total. The van der Waals surface area contributed by atoms with Gasteiger partial charge < -0.3 is 9.47 Å². The maximum Gasteiger partial charge on any atom is 0.308 e. The van der Waals surface area contributed by atoms with E-state index in [1.54, 1.807) is 12.1 Å². The number of benzene rings is 1. The lowest BCUT2D eigenvalue weighted by Gasteiger charge is -2.17. The van der Waals surface area contributed by atoms with Crippen LogP contribution >= 0.6 is 0 Å². The summed E-state index contributed by atoms with van der Waals surface area (Å²) in [7, 11) is 0. The van der Waals surface area contributed by atoms with Gasteiger partial charge >= 0.3 is 5.97 Å². The second-order valence-electron chi connectivity index (χ2n) is 4.12. The lowest BCUT2D eigenvalue weighted by atomic mass is 10.1. The van der Waals surface area contributed by atoms with Crippen molar-refractivity contribution in [3.63, 3.8) is 0 Å². The molecule has 1 atom stereocenters. The Hall–Kier alpha value is -2.01. The van der Waals surface area contributed by atoms with E-state index < -0.39 is 12.3 Å². The van der Waals surface area contributed by atoms with Gasteiger partial charge in [-0.25, -0.2) is 4.39 Å². The standard InChI is InChI=1S/C14H13FO4/c15-11-4-1-10(2-5-11)3-7-13(17)19-14-8-6-12(16)9-18-14/h1-2,4-6,8,14H,3,7,9H2/t14-/m0/s1. The van der Waals surface area contributed by atoms with Crippen molar-refractivity contribution in [2.24, 2.45) is 0 Å². The predicted molar refractivity (Wildman–Crippen MR) is 64.7 cm³/mol. The molecule has 5 heteroatoms. The number of ether oxygens (including phenoxy) is 2. The summed E-state index contributed by atoms with van der Waals surface area (Å²) < 4.78 is 22.7. The molecule has 0 bridgehead atoms. The molecule has 2 rings (SSSR count). The summed E-state index contributed by atoms with van der Waals surface area (Å²) in [4.78, 5) is 22.4. The van der Waals surface area contributed by atoms with Crippen molar-refractivity contribution in [2.45, 2.75) is 19.1 Å². The van der Waals surface area contributed by atoms with Crippen LogP contribution in [0.5, 0.6) is 0 Å². The van der Waals surface area contributed by atoms with E-state index in [9.17, 15) is 14.0 Å². The topological polar surface area (TPSA) is 52.6 Å². The monoisotopic (exact) mass is 264 g/mol. The molecular weight excluding hydrogens is 251 g/mol. The highest BCUT2D eigenvalue weighted by Crippen LogP contribution is 2.09. The van der Waals surface area contributed by atoms with E-state index in [0.717, 1.165) is 5.56 Å². The summed E-state index contributed by atoms with van der Waals surface area (Å²) in [5.41, 5.74) is 0.855. The molecule has 0 spiro atoms. The summed E-state index contributed by atoms with van der Waals surface area (Å²) in [6.45, 7) is -0.0770.